The molecular formula is C14H11Br2ClO. The molecule has 94 valence electrons. The maximum atomic E-state index is 10.2. The Hall–Kier alpha value is -0.350. The van der Waals surface area contributed by atoms with Crippen molar-refractivity contribution in [3.8, 4) is 0 Å². The van der Waals surface area contributed by atoms with Crippen molar-refractivity contribution < 1.29 is 5.11 Å². The van der Waals surface area contributed by atoms with Gasteiger partial charge in [0.25, 0.3) is 0 Å². The second kappa shape index (κ2) is 6.20. The predicted octanol–water partition coefficient (Wildman–Crippen LogP) is 5.14. The topological polar surface area (TPSA) is 20.2 Å². The van der Waals surface area contributed by atoms with Gasteiger partial charge in [-0.15, -0.1) is 0 Å². The molecule has 1 atom stereocenters. The van der Waals surface area contributed by atoms with Crippen molar-refractivity contribution in [3.05, 3.63) is 67.6 Å². The van der Waals surface area contributed by atoms with Crippen LogP contribution in [0.25, 0.3) is 0 Å². The number of benzene rings is 2. The highest BCUT2D eigenvalue weighted by Gasteiger charge is 2.10. The van der Waals surface area contributed by atoms with Crippen molar-refractivity contribution in [3.63, 3.8) is 0 Å². The van der Waals surface area contributed by atoms with Crippen molar-refractivity contribution in [1.82, 2.24) is 0 Å². The monoisotopic (exact) mass is 388 g/mol. The van der Waals surface area contributed by atoms with Crippen molar-refractivity contribution in [2.45, 2.75) is 12.5 Å². The van der Waals surface area contributed by atoms with Crippen molar-refractivity contribution in [1.29, 1.82) is 0 Å². The fourth-order valence-electron chi connectivity index (χ4n) is 1.68. The summed E-state index contributed by atoms with van der Waals surface area (Å²) in [5.74, 6) is 0. The second-order valence-electron chi connectivity index (χ2n) is 4.02. The summed E-state index contributed by atoms with van der Waals surface area (Å²) >= 11 is 12.7. The van der Waals surface area contributed by atoms with E-state index in [-0.39, 0.29) is 0 Å². The van der Waals surface area contributed by atoms with Crippen LogP contribution in [0.1, 0.15) is 17.2 Å². The van der Waals surface area contributed by atoms with Gasteiger partial charge in [-0.2, -0.15) is 0 Å². The van der Waals surface area contributed by atoms with Crippen LogP contribution in [-0.2, 0) is 6.42 Å². The van der Waals surface area contributed by atoms with Gasteiger partial charge in [-0.3, -0.25) is 0 Å². The van der Waals surface area contributed by atoms with Crippen LogP contribution in [0.5, 0.6) is 0 Å². The molecule has 2 aromatic carbocycles. The van der Waals surface area contributed by atoms with Gasteiger partial charge in [-0.05, 0) is 51.3 Å². The first-order chi connectivity index (χ1) is 8.56. The molecule has 0 aliphatic carbocycles. The molecule has 0 fully saturated rings. The van der Waals surface area contributed by atoms with E-state index >= 15 is 0 Å². The number of aliphatic hydroxyl groups is 1. The van der Waals surface area contributed by atoms with E-state index in [1.807, 2.05) is 36.4 Å². The summed E-state index contributed by atoms with van der Waals surface area (Å²) in [6.07, 6.45) is 0.0567. The van der Waals surface area contributed by atoms with Gasteiger partial charge in [0.2, 0.25) is 0 Å². The molecule has 0 bridgehead atoms. The molecule has 0 saturated carbocycles. The lowest BCUT2D eigenvalue weighted by molar-refractivity contribution is 0.178. The summed E-state index contributed by atoms with van der Waals surface area (Å²) in [5, 5.41) is 10.8. The summed E-state index contributed by atoms with van der Waals surface area (Å²) in [5.41, 5.74) is 1.95. The Bertz CT molecular complexity index is 540. The minimum atomic E-state index is -0.528. The zero-order valence-corrected chi connectivity index (χ0v) is 13.3. The second-order valence-corrected chi connectivity index (χ2v) is 6.20. The van der Waals surface area contributed by atoms with E-state index in [4.69, 9.17) is 11.6 Å². The van der Waals surface area contributed by atoms with Gasteiger partial charge in [-0.1, -0.05) is 45.7 Å². The third-order valence-electron chi connectivity index (χ3n) is 2.67. The molecule has 0 aliphatic heterocycles. The molecule has 0 aromatic heterocycles. The molecule has 2 aromatic rings. The number of aliphatic hydroxyl groups excluding tert-OH is 1. The fourth-order valence-corrected chi connectivity index (χ4v) is 2.46. The normalized spacial score (nSPS) is 12.4. The van der Waals surface area contributed by atoms with E-state index in [0.717, 1.165) is 20.1 Å². The maximum Gasteiger partial charge on any atom is 0.0830 e. The molecule has 0 amide bonds. The van der Waals surface area contributed by atoms with Gasteiger partial charge in [0.15, 0.2) is 0 Å². The molecule has 1 nitrogen and oxygen atoms in total. The van der Waals surface area contributed by atoms with Crippen LogP contribution < -0.4 is 0 Å². The van der Waals surface area contributed by atoms with Crippen LogP contribution >= 0.6 is 43.5 Å². The van der Waals surface area contributed by atoms with Gasteiger partial charge in [0.1, 0.15) is 0 Å². The van der Waals surface area contributed by atoms with Gasteiger partial charge >= 0.3 is 0 Å². The molecule has 2 rings (SSSR count). The lowest BCUT2D eigenvalue weighted by atomic mass is 10.0. The van der Waals surface area contributed by atoms with Crippen LogP contribution in [0.2, 0.25) is 5.02 Å². The van der Waals surface area contributed by atoms with E-state index in [2.05, 4.69) is 31.9 Å². The van der Waals surface area contributed by atoms with Gasteiger partial charge < -0.3 is 5.11 Å². The molecule has 1 unspecified atom stereocenters. The minimum Gasteiger partial charge on any atom is -0.388 e. The maximum absolute atomic E-state index is 10.2. The SMILES string of the molecule is OC(Cc1ccc(Br)cc1)c1ccc(Cl)c(Br)c1. The highest BCUT2D eigenvalue weighted by Crippen LogP contribution is 2.27. The highest BCUT2D eigenvalue weighted by atomic mass is 79.9. The zero-order chi connectivity index (χ0) is 13.1. The molecule has 0 spiro atoms. The van der Waals surface area contributed by atoms with Crippen LogP contribution in [0.4, 0.5) is 0 Å². The average Bonchev–Trinajstić information content (AvgIpc) is 2.35. The highest BCUT2D eigenvalue weighted by molar-refractivity contribution is 9.10. The molecule has 0 heterocycles. The van der Waals surface area contributed by atoms with E-state index < -0.39 is 6.10 Å². The summed E-state index contributed by atoms with van der Waals surface area (Å²) < 4.78 is 1.84. The third kappa shape index (κ3) is 3.58. The minimum absolute atomic E-state index is 0.528. The average molecular weight is 391 g/mol. The van der Waals surface area contributed by atoms with Gasteiger partial charge in [-0.25, -0.2) is 0 Å². The fraction of sp³-hybridized carbons (Fsp3) is 0.143. The first-order valence-corrected chi connectivity index (χ1v) is 7.40. The summed E-state index contributed by atoms with van der Waals surface area (Å²) in [6.45, 7) is 0. The van der Waals surface area contributed by atoms with Crippen LogP contribution in [-0.4, -0.2) is 5.11 Å². The number of hydrogen-bond acceptors (Lipinski definition) is 1. The standard InChI is InChI=1S/C14H11Br2ClO/c15-11-4-1-9(2-5-11)7-14(18)10-3-6-13(17)12(16)8-10/h1-6,8,14,18H,7H2. The largest absolute Gasteiger partial charge is 0.388 e. The first kappa shape index (κ1) is 14.1. The molecular weight excluding hydrogens is 379 g/mol. The van der Waals surface area contributed by atoms with Crippen LogP contribution in [0, 0.1) is 0 Å². The quantitative estimate of drug-likeness (QED) is 0.769. The number of hydrogen-bond donors (Lipinski definition) is 1. The summed E-state index contributed by atoms with van der Waals surface area (Å²) in [6, 6.07) is 13.4. The van der Waals surface area contributed by atoms with E-state index in [1.54, 1.807) is 6.07 Å². The summed E-state index contributed by atoms with van der Waals surface area (Å²) in [4.78, 5) is 0. The zero-order valence-electron chi connectivity index (χ0n) is 9.41. The Balaban J connectivity index is 2.13. The molecule has 0 aliphatic rings. The predicted molar refractivity (Wildman–Crippen MR) is 82.0 cm³/mol. The Morgan fingerprint density at radius 2 is 1.72 bits per heavy atom. The number of rotatable bonds is 3. The van der Waals surface area contributed by atoms with Crippen molar-refractivity contribution in [2.24, 2.45) is 0 Å². The van der Waals surface area contributed by atoms with Crippen molar-refractivity contribution in [2.75, 3.05) is 0 Å². The Kier molecular flexibility index (Phi) is 4.84. The van der Waals surface area contributed by atoms with E-state index in [0.29, 0.717) is 11.4 Å². The smallest absolute Gasteiger partial charge is 0.0830 e. The lowest BCUT2D eigenvalue weighted by Crippen LogP contribution is -2.01. The van der Waals surface area contributed by atoms with Gasteiger partial charge in [0, 0.05) is 15.4 Å². The third-order valence-corrected chi connectivity index (χ3v) is 4.41. The van der Waals surface area contributed by atoms with Crippen LogP contribution in [0.15, 0.2) is 51.4 Å². The molecule has 18 heavy (non-hydrogen) atoms. The van der Waals surface area contributed by atoms with Gasteiger partial charge in [0.05, 0.1) is 11.1 Å². The number of halogens is 3. The lowest BCUT2D eigenvalue weighted by Gasteiger charge is -2.12. The first-order valence-electron chi connectivity index (χ1n) is 5.44. The Morgan fingerprint density at radius 1 is 1.06 bits per heavy atom. The molecule has 1 N–H and O–H groups in total. The van der Waals surface area contributed by atoms with Crippen LogP contribution in [0.3, 0.4) is 0 Å². The Morgan fingerprint density at radius 3 is 2.33 bits per heavy atom. The molecule has 0 saturated heterocycles. The molecule has 0 radical (unpaired) electrons. The Labute approximate surface area is 128 Å². The van der Waals surface area contributed by atoms with E-state index in [9.17, 15) is 5.11 Å². The van der Waals surface area contributed by atoms with Crippen molar-refractivity contribution >= 4 is 43.5 Å². The molecule has 4 heteroatoms. The summed E-state index contributed by atoms with van der Waals surface area (Å²) in [7, 11) is 0. The van der Waals surface area contributed by atoms with E-state index in [1.165, 1.54) is 0 Å².